The average Bonchev–Trinajstić information content (AvgIpc) is 2.80. The molecule has 1 aliphatic heterocycles. The molecule has 2 rings (SSSR count). The summed E-state index contributed by atoms with van der Waals surface area (Å²) < 4.78 is 0. The smallest absolute Gasteiger partial charge is 0.227 e. The van der Waals surface area contributed by atoms with Crippen LogP contribution in [0, 0.1) is 6.92 Å². The van der Waals surface area contributed by atoms with Gasteiger partial charge < -0.3 is 10.0 Å². The Hall–Kier alpha value is -1.35. The van der Waals surface area contributed by atoms with Crippen molar-refractivity contribution in [3.8, 4) is 0 Å². The third-order valence-corrected chi connectivity index (χ3v) is 3.38. The van der Waals surface area contributed by atoms with Gasteiger partial charge in [-0.05, 0) is 25.3 Å². The van der Waals surface area contributed by atoms with Crippen molar-refractivity contribution in [3.05, 3.63) is 35.4 Å². The monoisotopic (exact) mass is 233 g/mol. The number of nitrogens with zero attached hydrogens (tertiary/aromatic N) is 1. The van der Waals surface area contributed by atoms with E-state index in [2.05, 4.69) is 0 Å². The molecule has 0 saturated carbocycles. The highest BCUT2D eigenvalue weighted by Crippen LogP contribution is 2.18. The zero-order valence-electron chi connectivity index (χ0n) is 10.2. The summed E-state index contributed by atoms with van der Waals surface area (Å²) in [5, 5.41) is 9.19. The lowest BCUT2D eigenvalue weighted by molar-refractivity contribution is -0.131. The van der Waals surface area contributed by atoms with Crippen LogP contribution in [-0.4, -0.2) is 35.1 Å². The molecule has 0 aromatic heterocycles. The summed E-state index contributed by atoms with van der Waals surface area (Å²) in [5.41, 5.74) is 2.25. The van der Waals surface area contributed by atoms with Gasteiger partial charge in [-0.3, -0.25) is 4.79 Å². The van der Waals surface area contributed by atoms with Crippen LogP contribution in [0.4, 0.5) is 0 Å². The minimum absolute atomic E-state index is 0.0351. The largest absolute Gasteiger partial charge is 0.394 e. The molecule has 1 aromatic rings. The molecule has 0 bridgehead atoms. The second-order valence-corrected chi connectivity index (χ2v) is 4.73. The van der Waals surface area contributed by atoms with Crippen molar-refractivity contribution < 1.29 is 9.90 Å². The summed E-state index contributed by atoms with van der Waals surface area (Å²) in [6, 6.07) is 8.08. The van der Waals surface area contributed by atoms with E-state index in [0.717, 1.165) is 24.9 Å². The van der Waals surface area contributed by atoms with Crippen molar-refractivity contribution in [3.63, 3.8) is 0 Å². The SMILES string of the molecule is Cc1ccc(CC(=O)N2CCC[C@@H]2CO)cc1. The third-order valence-electron chi connectivity index (χ3n) is 3.38. The highest BCUT2D eigenvalue weighted by Gasteiger charge is 2.27. The first-order chi connectivity index (χ1) is 8.20. The van der Waals surface area contributed by atoms with Gasteiger partial charge in [0, 0.05) is 6.54 Å². The number of hydrogen-bond donors (Lipinski definition) is 1. The first kappa shape index (κ1) is 12.1. The van der Waals surface area contributed by atoms with E-state index in [1.54, 1.807) is 0 Å². The van der Waals surface area contributed by atoms with Gasteiger partial charge in [0.25, 0.3) is 0 Å². The van der Waals surface area contributed by atoms with E-state index < -0.39 is 0 Å². The summed E-state index contributed by atoms with van der Waals surface area (Å²) in [6.07, 6.45) is 2.37. The molecule has 1 aromatic carbocycles. The molecule has 0 unspecified atom stereocenters. The lowest BCUT2D eigenvalue weighted by Gasteiger charge is -2.23. The van der Waals surface area contributed by atoms with Gasteiger partial charge in [-0.15, -0.1) is 0 Å². The maximum atomic E-state index is 12.1. The fraction of sp³-hybridized carbons (Fsp3) is 0.500. The molecule has 1 saturated heterocycles. The number of carbonyl (C=O) groups excluding carboxylic acids is 1. The Morgan fingerprint density at radius 3 is 2.76 bits per heavy atom. The Morgan fingerprint density at radius 2 is 2.12 bits per heavy atom. The molecule has 1 aliphatic rings. The zero-order chi connectivity index (χ0) is 12.3. The van der Waals surface area contributed by atoms with Crippen LogP contribution < -0.4 is 0 Å². The Labute approximate surface area is 102 Å². The Kier molecular flexibility index (Phi) is 3.79. The van der Waals surface area contributed by atoms with Gasteiger partial charge in [0.05, 0.1) is 19.1 Å². The first-order valence-corrected chi connectivity index (χ1v) is 6.16. The highest BCUT2D eigenvalue weighted by atomic mass is 16.3. The molecule has 1 amide bonds. The van der Waals surface area contributed by atoms with Crippen molar-refractivity contribution in [1.29, 1.82) is 0 Å². The number of aryl methyl sites for hydroxylation is 1. The number of amides is 1. The number of carbonyl (C=O) groups is 1. The second kappa shape index (κ2) is 5.32. The molecular formula is C14H19NO2. The van der Waals surface area contributed by atoms with Gasteiger partial charge in [-0.1, -0.05) is 29.8 Å². The van der Waals surface area contributed by atoms with Crippen LogP contribution in [0.1, 0.15) is 24.0 Å². The number of aliphatic hydroxyl groups excluding tert-OH is 1. The van der Waals surface area contributed by atoms with Gasteiger partial charge in [-0.25, -0.2) is 0 Å². The molecule has 1 atom stereocenters. The minimum atomic E-state index is 0.0351. The van der Waals surface area contributed by atoms with Crippen LogP contribution in [0.2, 0.25) is 0 Å². The van der Waals surface area contributed by atoms with Crippen LogP contribution in [0.3, 0.4) is 0 Å². The summed E-state index contributed by atoms with van der Waals surface area (Å²) in [7, 11) is 0. The predicted molar refractivity (Wildman–Crippen MR) is 66.7 cm³/mol. The molecule has 1 fully saturated rings. The topological polar surface area (TPSA) is 40.5 Å². The third kappa shape index (κ3) is 2.86. The van der Waals surface area contributed by atoms with Crippen molar-refractivity contribution >= 4 is 5.91 Å². The summed E-state index contributed by atoms with van der Waals surface area (Å²) in [4.78, 5) is 13.9. The van der Waals surface area contributed by atoms with Crippen LogP contribution in [0.15, 0.2) is 24.3 Å². The van der Waals surface area contributed by atoms with Gasteiger partial charge in [-0.2, -0.15) is 0 Å². The maximum absolute atomic E-state index is 12.1. The normalized spacial score (nSPS) is 19.6. The Bertz CT molecular complexity index is 386. The first-order valence-electron chi connectivity index (χ1n) is 6.16. The molecule has 17 heavy (non-hydrogen) atoms. The van der Waals surface area contributed by atoms with Gasteiger partial charge >= 0.3 is 0 Å². The number of likely N-dealkylation sites (tertiary alicyclic amines) is 1. The molecule has 0 radical (unpaired) electrons. The standard InChI is InChI=1S/C14H19NO2/c1-11-4-6-12(7-5-11)9-14(17)15-8-2-3-13(15)10-16/h4-7,13,16H,2-3,8-10H2,1H3/t13-/m1/s1. The van der Waals surface area contributed by atoms with Crippen molar-refractivity contribution in [2.45, 2.75) is 32.2 Å². The second-order valence-electron chi connectivity index (χ2n) is 4.73. The highest BCUT2D eigenvalue weighted by molar-refractivity contribution is 5.79. The number of benzene rings is 1. The van der Waals surface area contributed by atoms with Gasteiger partial charge in [0.2, 0.25) is 5.91 Å². The van der Waals surface area contributed by atoms with E-state index in [1.807, 2.05) is 36.1 Å². The van der Waals surface area contributed by atoms with E-state index in [-0.39, 0.29) is 18.6 Å². The molecule has 1 N–H and O–H groups in total. The molecule has 3 heteroatoms. The Morgan fingerprint density at radius 1 is 1.41 bits per heavy atom. The van der Waals surface area contributed by atoms with E-state index >= 15 is 0 Å². The van der Waals surface area contributed by atoms with Gasteiger partial charge in [0.15, 0.2) is 0 Å². The molecule has 1 heterocycles. The predicted octanol–water partition coefficient (Wildman–Crippen LogP) is 1.52. The molecule has 0 spiro atoms. The lowest BCUT2D eigenvalue weighted by atomic mass is 10.1. The minimum Gasteiger partial charge on any atom is -0.394 e. The Balaban J connectivity index is 1.99. The van der Waals surface area contributed by atoms with E-state index in [1.165, 1.54) is 5.56 Å². The van der Waals surface area contributed by atoms with Crippen LogP contribution >= 0.6 is 0 Å². The van der Waals surface area contributed by atoms with Crippen molar-refractivity contribution in [1.82, 2.24) is 4.90 Å². The number of rotatable bonds is 3. The van der Waals surface area contributed by atoms with Crippen LogP contribution in [0.5, 0.6) is 0 Å². The van der Waals surface area contributed by atoms with E-state index in [9.17, 15) is 9.90 Å². The molecule has 92 valence electrons. The van der Waals surface area contributed by atoms with Crippen LogP contribution in [-0.2, 0) is 11.2 Å². The summed E-state index contributed by atoms with van der Waals surface area (Å²) >= 11 is 0. The molecular weight excluding hydrogens is 214 g/mol. The van der Waals surface area contributed by atoms with E-state index in [0.29, 0.717) is 6.42 Å². The quantitative estimate of drug-likeness (QED) is 0.860. The van der Waals surface area contributed by atoms with Crippen molar-refractivity contribution in [2.75, 3.05) is 13.2 Å². The maximum Gasteiger partial charge on any atom is 0.227 e. The molecule has 3 nitrogen and oxygen atoms in total. The number of aliphatic hydroxyl groups is 1. The van der Waals surface area contributed by atoms with Crippen LogP contribution in [0.25, 0.3) is 0 Å². The fourth-order valence-corrected chi connectivity index (χ4v) is 2.34. The summed E-state index contributed by atoms with van der Waals surface area (Å²) in [6.45, 7) is 2.91. The summed E-state index contributed by atoms with van der Waals surface area (Å²) in [5.74, 6) is 0.130. The van der Waals surface area contributed by atoms with Crippen molar-refractivity contribution in [2.24, 2.45) is 0 Å². The fourth-order valence-electron chi connectivity index (χ4n) is 2.34. The average molecular weight is 233 g/mol. The zero-order valence-corrected chi connectivity index (χ0v) is 10.2. The lowest BCUT2D eigenvalue weighted by Crippen LogP contribution is -2.38. The number of hydrogen-bond acceptors (Lipinski definition) is 2. The van der Waals surface area contributed by atoms with Gasteiger partial charge in [0.1, 0.15) is 0 Å². The molecule has 0 aliphatic carbocycles. The van der Waals surface area contributed by atoms with E-state index in [4.69, 9.17) is 0 Å².